The van der Waals surface area contributed by atoms with Crippen molar-refractivity contribution in [3.05, 3.63) is 0 Å². The maximum Gasteiger partial charge on any atom is 0.332 e. The van der Waals surface area contributed by atoms with Crippen LogP contribution in [0.25, 0.3) is 0 Å². The maximum absolute atomic E-state index is 11.9. The van der Waals surface area contributed by atoms with Crippen molar-refractivity contribution in [2.24, 2.45) is 5.92 Å². The lowest BCUT2D eigenvalue weighted by Crippen LogP contribution is -2.43. The third-order valence-corrected chi connectivity index (χ3v) is 3.60. The van der Waals surface area contributed by atoms with Gasteiger partial charge in [-0.1, -0.05) is 0 Å². The molecule has 2 fully saturated rings. The van der Waals surface area contributed by atoms with Crippen LogP contribution in [-0.4, -0.2) is 35.2 Å². The Morgan fingerprint density at radius 2 is 1.94 bits per heavy atom. The molecule has 0 radical (unpaired) electrons. The van der Waals surface area contributed by atoms with Crippen molar-refractivity contribution in [2.75, 3.05) is 0 Å². The van der Waals surface area contributed by atoms with Gasteiger partial charge in [0.25, 0.3) is 0 Å². The molecule has 6 heteroatoms. The maximum atomic E-state index is 11.9. The first-order valence-electron chi connectivity index (χ1n) is 6.20. The van der Waals surface area contributed by atoms with Crippen LogP contribution in [0.2, 0.25) is 0 Å². The Bertz CT molecular complexity index is 390. The average Bonchev–Trinajstić information content (AvgIpc) is 2.96. The van der Waals surface area contributed by atoms with Crippen molar-refractivity contribution in [1.82, 2.24) is 5.32 Å². The number of hydrogen-bond acceptors (Lipinski definition) is 4. The molecule has 0 aromatic carbocycles. The molecular formula is C12H16N2O4. The van der Waals surface area contributed by atoms with Crippen LogP contribution >= 0.6 is 0 Å². The van der Waals surface area contributed by atoms with E-state index >= 15 is 0 Å². The van der Waals surface area contributed by atoms with Crippen LogP contribution in [0.1, 0.15) is 32.1 Å². The zero-order valence-corrected chi connectivity index (χ0v) is 9.96. The highest BCUT2D eigenvalue weighted by atomic mass is 16.5. The number of ether oxygens (including phenoxy) is 1. The van der Waals surface area contributed by atoms with Crippen LogP contribution in [0, 0.1) is 17.2 Å². The molecule has 1 heterocycles. The number of hydrogen-bond donors (Lipinski definition) is 2. The van der Waals surface area contributed by atoms with Gasteiger partial charge in [-0.3, -0.25) is 4.79 Å². The first kappa shape index (κ1) is 12.8. The van der Waals surface area contributed by atoms with Crippen molar-refractivity contribution in [3.8, 4) is 6.07 Å². The SMILES string of the molecule is N#CC1CCCC1NC(=O)C1CCC(C(=O)O)O1. The molecule has 2 N–H and O–H groups in total. The van der Waals surface area contributed by atoms with Crippen molar-refractivity contribution in [3.63, 3.8) is 0 Å². The van der Waals surface area contributed by atoms with Gasteiger partial charge < -0.3 is 15.2 Å². The number of carbonyl (C=O) groups excluding carboxylic acids is 1. The summed E-state index contributed by atoms with van der Waals surface area (Å²) in [6.07, 6.45) is 1.77. The molecule has 1 aliphatic heterocycles. The molecule has 4 atom stereocenters. The van der Waals surface area contributed by atoms with E-state index in [1.54, 1.807) is 0 Å². The summed E-state index contributed by atoms with van der Waals surface area (Å²) in [6, 6.07) is 2.07. The fourth-order valence-electron chi connectivity index (χ4n) is 2.57. The van der Waals surface area contributed by atoms with Gasteiger partial charge in [-0.15, -0.1) is 0 Å². The smallest absolute Gasteiger partial charge is 0.332 e. The summed E-state index contributed by atoms with van der Waals surface area (Å²) in [6.45, 7) is 0. The summed E-state index contributed by atoms with van der Waals surface area (Å²) in [5.41, 5.74) is 0. The van der Waals surface area contributed by atoms with Gasteiger partial charge in [0.15, 0.2) is 6.10 Å². The highest BCUT2D eigenvalue weighted by molar-refractivity contribution is 5.82. The summed E-state index contributed by atoms with van der Waals surface area (Å²) < 4.78 is 5.17. The summed E-state index contributed by atoms with van der Waals surface area (Å²) in [7, 11) is 0. The van der Waals surface area contributed by atoms with Crippen molar-refractivity contribution in [1.29, 1.82) is 5.26 Å². The number of nitrogens with zero attached hydrogens (tertiary/aromatic N) is 1. The molecule has 2 rings (SSSR count). The van der Waals surface area contributed by atoms with Gasteiger partial charge in [0.05, 0.1) is 12.0 Å². The van der Waals surface area contributed by atoms with Crippen LogP contribution in [0.4, 0.5) is 0 Å². The molecule has 0 bridgehead atoms. The number of amides is 1. The Morgan fingerprint density at radius 3 is 2.56 bits per heavy atom. The first-order valence-corrected chi connectivity index (χ1v) is 6.20. The minimum atomic E-state index is -1.03. The van der Waals surface area contributed by atoms with E-state index in [2.05, 4.69) is 11.4 Å². The second kappa shape index (κ2) is 5.36. The van der Waals surface area contributed by atoms with Gasteiger partial charge in [-0.25, -0.2) is 4.79 Å². The number of nitriles is 1. The Labute approximate surface area is 105 Å². The topological polar surface area (TPSA) is 99.4 Å². The van der Waals surface area contributed by atoms with E-state index < -0.39 is 18.2 Å². The Morgan fingerprint density at radius 1 is 1.22 bits per heavy atom. The van der Waals surface area contributed by atoms with E-state index in [0.29, 0.717) is 12.8 Å². The normalized spacial score (nSPS) is 35.1. The molecule has 0 aromatic heterocycles. The predicted molar refractivity (Wildman–Crippen MR) is 60.4 cm³/mol. The zero-order valence-electron chi connectivity index (χ0n) is 9.96. The number of carbonyl (C=O) groups is 2. The summed E-state index contributed by atoms with van der Waals surface area (Å²) in [5.74, 6) is -1.45. The molecule has 1 amide bonds. The minimum absolute atomic E-state index is 0.116. The van der Waals surface area contributed by atoms with E-state index in [0.717, 1.165) is 19.3 Å². The van der Waals surface area contributed by atoms with Gasteiger partial charge >= 0.3 is 5.97 Å². The minimum Gasteiger partial charge on any atom is -0.479 e. The zero-order chi connectivity index (χ0) is 13.1. The third-order valence-electron chi connectivity index (χ3n) is 3.60. The molecule has 18 heavy (non-hydrogen) atoms. The second-order valence-corrected chi connectivity index (χ2v) is 4.81. The lowest BCUT2D eigenvalue weighted by Gasteiger charge is -2.18. The molecule has 98 valence electrons. The van der Waals surface area contributed by atoms with E-state index in [1.165, 1.54) is 0 Å². The van der Waals surface area contributed by atoms with Gasteiger partial charge in [0.2, 0.25) is 5.91 Å². The molecule has 6 nitrogen and oxygen atoms in total. The third kappa shape index (κ3) is 2.62. The Hall–Kier alpha value is -1.61. The fourth-order valence-corrected chi connectivity index (χ4v) is 2.57. The number of carboxylic acids is 1. The fraction of sp³-hybridized carbons (Fsp3) is 0.750. The van der Waals surface area contributed by atoms with Gasteiger partial charge in [-0.05, 0) is 32.1 Å². The number of rotatable bonds is 3. The molecule has 2 aliphatic rings. The van der Waals surface area contributed by atoms with Crippen molar-refractivity contribution >= 4 is 11.9 Å². The summed E-state index contributed by atoms with van der Waals surface area (Å²) in [4.78, 5) is 22.6. The monoisotopic (exact) mass is 252 g/mol. The van der Waals surface area contributed by atoms with Gasteiger partial charge in [0, 0.05) is 6.04 Å². The molecule has 1 saturated carbocycles. The standard InChI is InChI=1S/C12H16N2O4/c13-6-7-2-1-3-8(7)14-11(15)9-4-5-10(18-9)12(16)17/h7-10H,1-5H2,(H,14,15)(H,16,17). The van der Waals surface area contributed by atoms with Crippen LogP contribution in [0.15, 0.2) is 0 Å². The van der Waals surface area contributed by atoms with Crippen molar-refractivity contribution in [2.45, 2.75) is 50.4 Å². The number of aliphatic carboxylic acids is 1. The summed E-state index contributed by atoms with van der Waals surface area (Å²) in [5, 5.41) is 20.5. The Kier molecular flexibility index (Phi) is 3.82. The van der Waals surface area contributed by atoms with Crippen LogP contribution in [0.3, 0.4) is 0 Å². The predicted octanol–water partition coefficient (Wildman–Crippen LogP) is 0.427. The number of carboxylic acid groups (broad SMARTS) is 1. The molecular weight excluding hydrogens is 236 g/mol. The van der Waals surface area contributed by atoms with E-state index in [9.17, 15) is 9.59 Å². The molecule has 4 unspecified atom stereocenters. The van der Waals surface area contributed by atoms with Crippen molar-refractivity contribution < 1.29 is 19.4 Å². The highest BCUT2D eigenvalue weighted by Crippen LogP contribution is 2.26. The average molecular weight is 252 g/mol. The molecule has 0 aromatic rings. The number of nitrogens with one attached hydrogen (secondary N) is 1. The summed E-state index contributed by atoms with van der Waals surface area (Å²) >= 11 is 0. The van der Waals surface area contributed by atoms with Gasteiger partial charge in [0.1, 0.15) is 6.10 Å². The van der Waals surface area contributed by atoms with Crippen LogP contribution < -0.4 is 5.32 Å². The first-order chi connectivity index (χ1) is 8.61. The second-order valence-electron chi connectivity index (χ2n) is 4.81. The quantitative estimate of drug-likeness (QED) is 0.758. The Balaban J connectivity index is 1.86. The molecule has 1 aliphatic carbocycles. The van der Waals surface area contributed by atoms with E-state index in [1.807, 2.05) is 0 Å². The lowest BCUT2D eigenvalue weighted by atomic mass is 10.1. The molecule has 0 spiro atoms. The largest absolute Gasteiger partial charge is 0.479 e. The van der Waals surface area contributed by atoms with Gasteiger partial charge in [-0.2, -0.15) is 5.26 Å². The lowest BCUT2D eigenvalue weighted by molar-refractivity contribution is -0.151. The highest BCUT2D eigenvalue weighted by Gasteiger charge is 2.37. The van der Waals surface area contributed by atoms with E-state index in [4.69, 9.17) is 15.1 Å². The van der Waals surface area contributed by atoms with Crippen LogP contribution in [-0.2, 0) is 14.3 Å². The van der Waals surface area contributed by atoms with E-state index in [-0.39, 0.29) is 17.9 Å². The van der Waals surface area contributed by atoms with Crippen LogP contribution in [0.5, 0.6) is 0 Å². The molecule has 1 saturated heterocycles.